The first-order valence-electron chi connectivity index (χ1n) is 9.64. The van der Waals surface area contributed by atoms with Crippen LogP contribution in [0.3, 0.4) is 0 Å². The van der Waals surface area contributed by atoms with E-state index in [1.54, 1.807) is 6.20 Å². The molecule has 1 atom stereocenters. The van der Waals surface area contributed by atoms with Crippen LogP contribution < -0.4 is 5.32 Å². The molecular formula is C19H24N8O. The Bertz CT molecular complexity index is 877. The number of hydrogen-bond acceptors (Lipinski definition) is 5. The Balaban J connectivity index is 1.34. The lowest BCUT2D eigenvalue weighted by Gasteiger charge is -2.35. The molecule has 0 aliphatic carbocycles. The Morgan fingerprint density at radius 1 is 1.29 bits per heavy atom. The predicted molar refractivity (Wildman–Crippen MR) is 103 cm³/mol. The molecular weight excluding hydrogens is 356 g/mol. The van der Waals surface area contributed by atoms with Crippen molar-refractivity contribution in [1.29, 1.82) is 0 Å². The van der Waals surface area contributed by atoms with Crippen LogP contribution in [0.2, 0.25) is 0 Å². The molecule has 2 N–H and O–H groups in total. The first-order valence-corrected chi connectivity index (χ1v) is 9.64. The lowest BCUT2D eigenvalue weighted by atomic mass is 10.00. The second-order valence-corrected chi connectivity index (χ2v) is 7.00. The maximum absolute atomic E-state index is 12.8. The van der Waals surface area contributed by atoms with Crippen molar-refractivity contribution in [3.63, 3.8) is 0 Å². The molecule has 28 heavy (non-hydrogen) atoms. The fourth-order valence-electron chi connectivity index (χ4n) is 3.67. The number of H-pyrrole nitrogens is 1. The molecule has 1 aliphatic rings. The zero-order valence-corrected chi connectivity index (χ0v) is 15.7. The van der Waals surface area contributed by atoms with Crippen LogP contribution in [-0.2, 0) is 13.1 Å². The summed E-state index contributed by atoms with van der Waals surface area (Å²) in [5.74, 6) is 0.544. The van der Waals surface area contributed by atoms with E-state index < -0.39 is 0 Å². The summed E-state index contributed by atoms with van der Waals surface area (Å²) < 4.78 is 1.92. The van der Waals surface area contributed by atoms with Crippen molar-refractivity contribution in [2.45, 2.75) is 44.8 Å². The number of piperidine rings is 1. The Morgan fingerprint density at radius 2 is 2.25 bits per heavy atom. The predicted octanol–water partition coefficient (Wildman–Crippen LogP) is 2.22. The molecule has 146 valence electrons. The Kier molecular flexibility index (Phi) is 5.60. The van der Waals surface area contributed by atoms with Gasteiger partial charge in [-0.05, 0) is 48.6 Å². The first kappa shape index (κ1) is 18.1. The number of hydrogen-bond donors (Lipinski definition) is 2. The van der Waals surface area contributed by atoms with Crippen LogP contribution in [0.15, 0.2) is 42.7 Å². The number of carbonyl (C=O) groups excluding carboxylic acids is 1. The van der Waals surface area contributed by atoms with Gasteiger partial charge in [0.25, 0.3) is 0 Å². The minimum absolute atomic E-state index is 0.00451. The molecule has 4 rings (SSSR count). The van der Waals surface area contributed by atoms with E-state index in [0.717, 1.165) is 43.5 Å². The highest BCUT2D eigenvalue weighted by Crippen LogP contribution is 2.21. The lowest BCUT2D eigenvalue weighted by Crippen LogP contribution is -2.48. The third kappa shape index (κ3) is 4.36. The van der Waals surface area contributed by atoms with E-state index in [1.807, 2.05) is 46.1 Å². The molecule has 1 aromatic carbocycles. The summed E-state index contributed by atoms with van der Waals surface area (Å²) in [5, 5.41) is 21.4. The van der Waals surface area contributed by atoms with E-state index in [1.165, 1.54) is 6.42 Å². The molecule has 0 bridgehead atoms. The van der Waals surface area contributed by atoms with Gasteiger partial charge in [-0.3, -0.25) is 4.68 Å². The van der Waals surface area contributed by atoms with Crippen molar-refractivity contribution in [1.82, 2.24) is 40.6 Å². The van der Waals surface area contributed by atoms with E-state index >= 15 is 0 Å². The molecule has 3 aromatic rings. The topological polar surface area (TPSA) is 105 Å². The van der Waals surface area contributed by atoms with Gasteiger partial charge in [-0.2, -0.15) is 10.3 Å². The average Bonchev–Trinajstić information content (AvgIpc) is 3.45. The summed E-state index contributed by atoms with van der Waals surface area (Å²) in [5.41, 5.74) is 1.87. The second-order valence-electron chi connectivity index (χ2n) is 7.00. The number of carbonyl (C=O) groups is 1. The van der Waals surface area contributed by atoms with Gasteiger partial charge in [0.15, 0.2) is 0 Å². The van der Waals surface area contributed by atoms with E-state index in [2.05, 4.69) is 31.0 Å². The van der Waals surface area contributed by atoms with Gasteiger partial charge < -0.3 is 10.2 Å². The van der Waals surface area contributed by atoms with Crippen LogP contribution in [0.5, 0.6) is 0 Å². The molecule has 2 aromatic heterocycles. The first-order chi connectivity index (χ1) is 13.8. The minimum Gasteiger partial charge on any atom is -0.334 e. The Hall–Kier alpha value is -3.23. The zero-order valence-electron chi connectivity index (χ0n) is 15.7. The van der Waals surface area contributed by atoms with Crippen molar-refractivity contribution in [3.8, 4) is 11.4 Å². The lowest BCUT2D eigenvalue weighted by molar-refractivity contribution is 0.143. The van der Waals surface area contributed by atoms with Crippen LogP contribution in [0, 0.1) is 0 Å². The van der Waals surface area contributed by atoms with Crippen LogP contribution in [0.4, 0.5) is 4.79 Å². The standard InChI is InChI=1S/C19H24N8O/c28-19(20-14-15-5-3-6-16(13-15)18-22-24-25-23-18)27-11-2-1-7-17(27)8-12-26-10-4-9-21-26/h3-6,9-10,13,17H,1-2,7-8,11-12,14H2,(H,20,28)(H,22,23,24,25)/t17-/m0/s1. The van der Waals surface area contributed by atoms with Crippen LogP contribution in [-0.4, -0.2) is 53.9 Å². The molecule has 9 heteroatoms. The van der Waals surface area contributed by atoms with Gasteiger partial charge in [-0.1, -0.05) is 18.2 Å². The molecule has 9 nitrogen and oxygen atoms in total. The van der Waals surface area contributed by atoms with Gasteiger partial charge in [0.1, 0.15) is 0 Å². The Morgan fingerprint density at radius 3 is 3.07 bits per heavy atom. The maximum Gasteiger partial charge on any atom is 0.317 e. The maximum atomic E-state index is 12.8. The highest BCUT2D eigenvalue weighted by Gasteiger charge is 2.26. The fourth-order valence-corrected chi connectivity index (χ4v) is 3.67. The number of benzene rings is 1. The number of aryl methyl sites for hydroxylation is 1. The van der Waals surface area contributed by atoms with Crippen molar-refractivity contribution in [2.24, 2.45) is 0 Å². The summed E-state index contributed by atoms with van der Waals surface area (Å²) in [4.78, 5) is 14.8. The van der Waals surface area contributed by atoms with E-state index in [4.69, 9.17) is 0 Å². The summed E-state index contributed by atoms with van der Waals surface area (Å²) in [6, 6.07) is 9.98. The van der Waals surface area contributed by atoms with Crippen molar-refractivity contribution < 1.29 is 4.79 Å². The summed E-state index contributed by atoms with van der Waals surface area (Å²) in [7, 11) is 0. The molecule has 1 fully saturated rings. The second kappa shape index (κ2) is 8.64. The molecule has 0 unspecified atom stereocenters. The number of tetrazole rings is 1. The molecule has 0 spiro atoms. The summed E-state index contributed by atoms with van der Waals surface area (Å²) >= 11 is 0. The summed E-state index contributed by atoms with van der Waals surface area (Å²) in [6.07, 6.45) is 7.93. The van der Waals surface area contributed by atoms with Crippen molar-refractivity contribution in [2.75, 3.05) is 6.54 Å². The van der Waals surface area contributed by atoms with Crippen molar-refractivity contribution in [3.05, 3.63) is 48.3 Å². The molecule has 1 saturated heterocycles. The number of aromatic amines is 1. The SMILES string of the molecule is O=C(NCc1cccc(-c2nn[nH]n2)c1)N1CCCC[C@H]1CCn1cccn1. The molecule has 1 aliphatic heterocycles. The van der Waals surface area contributed by atoms with E-state index in [9.17, 15) is 4.79 Å². The molecule has 2 amide bonds. The minimum atomic E-state index is -0.00451. The number of aromatic nitrogens is 6. The number of nitrogens with one attached hydrogen (secondary N) is 2. The number of amides is 2. The number of rotatable bonds is 6. The van der Waals surface area contributed by atoms with Crippen molar-refractivity contribution >= 4 is 6.03 Å². The quantitative estimate of drug-likeness (QED) is 0.682. The van der Waals surface area contributed by atoms with Crippen LogP contribution in [0.25, 0.3) is 11.4 Å². The number of likely N-dealkylation sites (tertiary alicyclic amines) is 1. The Labute approximate surface area is 163 Å². The smallest absolute Gasteiger partial charge is 0.317 e. The normalized spacial score (nSPS) is 16.9. The third-order valence-corrected chi connectivity index (χ3v) is 5.11. The average molecular weight is 380 g/mol. The van der Waals surface area contributed by atoms with Gasteiger partial charge >= 0.3 is 6.03 Å². The number of urea groups is 1. The van der Waals surface area contributed by atoms with Crippen LogP contribution >= 0.6 is 0 Å². The van der Waals surface area contributed by atoms with Gasteiger partial charge in [0.2, 0.25) is 5.82 Å². The highest BCUT2D eigenvalue weighted by molar-refractivity contribution is 5.74. The molecule has 3 heterocycles. The monoisotopic (exact) mass is 380 g/mol. The third-order valence-electron chi connectivity index (χ3n) is 5.11. The molecule has 0 radical (unpaired) electrons. The fraction of sp³-hybridized carbons (Fsp3) is 0.421. The van der Waals surface area contributed by atoms with Gasteiger partial charge in [0.05, 0.1) is 0 Å². The van der Waals surface area contributed by atoms with Gasteiger partial charge in [0, 0.05) is 43.6 Å². The summed E-state index contributed by atoms with van der Waals surface area (Å²) in [6.45, 7) is 2.10. The highest BCUT2D eigenvalue weighted by atomic mass is 16.2. The van der Waals surface area contributed by atoms with Crippen LogP contribution in [0.1, 0.15) is 31.2 Å². The van der Waals surface area contributed by atoms with Gasteiger partial charge in [-0.15, -0.1) is 10.2 Å². The van der Waals surface area contributed by atoms with Gasteiger partial charge in [-0.25, -0.2) is 4.79 Å². The zero-order chi connectivity index (χ0) is 19.2. The molecule has 0 saturated carbocycles. The van der Waals surface area contributed by atoms with E-state index in [0.29, 0.717) is 12.4 Å². The van der Waals surface area contributed by atoms with E-state index in [-0.39, 0.29) is 12.1 Å². The largest absolute Gasteiger partial charge is 0.334 e. The number of nitrogens with zero attached hydrogens (tertiary/aromatic N) is 6.